The Morgan fingerprint density at radius 1 is 1.09 bits per heavy atom. The third kappa shape index (κ3) is 3.91. The van der Waals surface area contributed by atoms with Gasteiger partial charge in [-0.1, -0.05) is 43.2 Å². The number of benzene rings is 1. The number of carboxylic acids is 1. The molecule has 5 heteroatoms. The van der Waals surface area contributed by atoms with E-state index in [1.807, 2.05) is 30.3 Å². The number of aliphatic carboxylic acids is 1. The third-order valence-corrected chi connectivity index (χ3v) is 5.00. The molecule has 0 bridgehead atoms. The number of carbonyl (C=O) groups excluding carboxylic acids is 1. The van der Waals surface area contributed by atoms with Gasteiger partial charge in [-0.25, -0.2) is 0 Å². The van der Waals surface area contributed by atoms with Gasteiger partial charge in [-0.15, -0.1) is 0 Å². The van der Waals surface area contributed by atoms with E-state index in [0.29, 0.717) is 19.6 Å². The molecule has 1 aliphatic heterocycles. The van der Waals surface area contributed by atoms with E-state index in [0.717, 1.165) is 31.2 Å². The van der Waals surface area contributed by atoms with Crippen molar-refractivity contribution in [2.24, 2.45) is 11.8 Å². The van der Waals surface area contributed by atoms with Crippen molar-refractivity contribution in [1.29, 1.82) is 0 Å². The van der Waals surface area contributed by atoms with Crippen LogP contribution in [-0.2, 0) is 16.1 Å². The Morgan fingerprint density at radius 2 is 1.74 bits per heavy atom. The van der Waals surface area contributed by atoms with Crippen molar-refractivity contribution in [2.75, 3.05) is 13.1 Å². The fourth-order valence-electron chi connectivity index (χ4n) is 3.75. The minimum Gasteiger partial charge on any atom is -0.481 e. The molecule has 1 saturated carbocycles. The Bertz CT molecular complexity index is 555. The van der Waals surface area contributed by atoms with Gasteiger partial charge in [-0.2, -0.15) is 0 Å². The minimum absolute atomic E-state index is 0.0835. The molecule has 0 spiro atoms. The molecule has 0 unspecified atom stereocenters. The minimum atomic E-state index is -0.868. The molecule has 2 aliphatic rings. The molecule has 1 aliphatic carbocycles. The molecule has 0 radical (unpaired) electrons. The van der Waals surface area contributed by atoms with Gasteiger partial charge < -0.3 is 10.4 Å². The van der Waals surface area contributed by atoms with Crippen LogP contribution >= 0.6 is 0 Å². The highest BCUT2D eigenvalue weighted by atomic mass is 16.4. The lowest BCUT2D eigenvalue weighted by Gasteiger charge is -2.18. The van der Waals surface area contributed by atoms with Crippen LogP contribution in [0.15, 0.2) is 30.3 Å². The number of nitrogens with one attached hydrogen (secondary N) is 1. The molecule has 2 fully saturated rings. The zero-order valence-electron chi connectivity index (χ0n) is 13.3. The molecule has 23 heavy (non-hydrogen) atoms. The van der Waals surface area contributed by atoms with E-state index in [1.54, 1.807) is 0 Å². The first-order chi connectivity index (χ1) is 11.1. The second-order valence-electron chi connectivity index (χ2n) is 6.72. The first-order valence-corrected chi connectivity index (χ1v) is 8.43. The summed E-state index contributed by atoms with van der Waals surface area (Å²) in [6.07, 6.45) is 4.34. The topological polar surface area (TPSA) is 69.6 Å². The van der Waals surface area contributed by atoms with Gasteiger partial charge in [-0.3, -0.25) is 14.5 Å². The molecule has 1 amide bonds. The normalized spacial score (nSPS) is 25.6. The lowest BCUT2D eigenvalue weighted by Crippen LogP contribution is -2.41. The number of carboxylic acid groups (broad SMARTS) is 1. The van der Waals surface area contributed by atoms with Crippen molar-refractivity contribution in [2.45, 2.75) is 38.3 Å². The van der Waals surface area contributed by atoms with Gasteiger partial charge in [0, 0.05) is 25.7 Å². The largest absolute Gasteiger partial charge is 0.481 e. The Labute approximate surface area is 136 Å². The van der Waals surface area contributed by atoms with E-state index in [4.69, 9.17) is 0 Å². The molecule has 1 aromatic rings. The maximum atomic E-state index is 12.5. The van der Waals surface area contributed by atoms with Gasteiger partial charge in [0.25, 0.3) is 0 Å². The molecule has 2 atom stereocenters. The van der Waals surface area contributed by atoms with Crippen LogP contribution < -0.4 is 5.32 Å². The summed E-state index contributed by atoms with van der Waals surface area (Å²) >= 11 is 0. The number of likely N-dealkylation sites (tertiary alicyclic amines) is 1. The van der Waals surface area contributed by atoms with Crippen LogP contribution in [0, 0.1) is 11.8 Å². The fraction of sp³-hybridized carbons (Fsp3) is 0.556. The first-order valence-electron chi connectivity index (χ1n) is 8.43. The van der Waals surface area contributed by atoms with Crippen molar-refractivity contribution in [3.05, 3.63) is 35.9 Å². The summed E-state index contributed by atoms with van der Waals surface area (Å²) in [5, 5.41) is 12.5. The smallest absolute Gasteiger partial charge is 0.308 e. The molecular weight excluding hydrogens is 292 g/mol. The van der Waals surface area contributed by atoms with Crippen molar-refractivity contribution < 1.29 is 14.7 Å². The summed E-state index contributed by atoms with van der Waals surface area (Å²) in [5.41, 5.74) is 1.15. The monoisotopic (exact) mass is 316 g/mol. The summed E-state index contributed by atoms with van der Waals surface area (Å²) < 4.78 is 0. The molecule has 1 aromatic carbocycles. The van der Waals surface area contributed by atoms with Gasteiger partial charge >= 0.3 is 5.97 Å². The summed E-state index contributed by atoms with van der Waals surface area (Å²) in [7, 11) is 0. The molecule has 5 nitrogen and oxygen atoms in total. The second kappa shape index (κ2) is 7.13. The average Bonchev–Trinajstić information content (AvgIpc) is 3.18. The number of amides is 1. The summed E-state index contributed by atoms with van der Waals surface area (Å²) in [6.45, 7) is 1.65. The van der Waals surface area contributed by atoms with Crippen LogP contribution in [0.1, 0.15) is 31.2 Å². The van der Waals surface area contributed by atoms with Crippen LogP contribution in [0.2, 0.25) is 0 Å². The standard InChI is InChI=1S/C18H24N2O3/c21-17(19-14-8-4-5-9-14)15-11-20(12-16(15)18(22)23)10-13-6-2-1-3-7-13/h1-3,6-7,14-16H,4-5,8-12H2,(H,19,21)(H,22,23)/t15-,16+/m0/s1. The van der Waals surface area contributed by atoms with E-state index < -0.39 is 17.8 Å². The zero-order valence-corrected chi connectivity index (χ0v) is 13.3. The molecule has 124 valence electrons. The van der Waals surface area contributed by atoms with Gasteiger partial charge in [0.2, 0.25) is 5.91 Å². The van der Waals surface area contributed by atoms with Gasteiger partial charge in [0.15, 0.2) is 0 Å². The molecule has 1 saturated heterocycles. The average molecular weight is 316 g/mol. The van der Waals surface area contributed by atoms with E-state index in [2.05, 4.69) is 10.2 Å². The predicted molar refractivity (Wildman–Crippen MR) is 86.7 cm³/mol. The fourth-order valence-corrected chi connectivity index (χ4v) is 3.75. The third-order valence-electron chi connectivity index (χ3n) is 5.00. The number of carbonyl (C=O) groups is 2. The van der Waals surface area contributed by atoms with Crippen molar-refractivity contribution in [3.63, 3.8) is 0 Å². The molecule has 2 N–H and O–H groups in total. The van der Waals surface area contributed by atoms with Crippen LogP contribution in [0.3, 0.4) is 0 Å². The summed E-state index contributed by atoms with van der Waals surface area (Å²) in [5.74, 6) is -2.01. The molecular formula is C18H24N2O3. The van der Waals surface area contributed by atoms with Gasteiger partial charge in [0.1, 0.15) is 0 Å². The highest BCUT2D eigenvalue weighted by molar-refractivity contribution is 5.85. The van der Waals surface area contributed by atoms with Crippen LogP contribution in [0.25, 0.3) is 0 Å². The number of hydrogen-bond acceptors (Lipinski definition) is 3. The molecule has 3 rings (SSSR count). The van der Waals surface area contributed by atoms with E-state index in [-0.39, 0.29) is 11.9 Å². The van der Waals surface area contributed by atoms with Gasteiger partial charge in [-0.05, 0) is 18.4 Å². The van der Waals surface area contributed by atoms with Crippen LogP contribution in [-0.4, -0.2) is 41.0 Å². The van der Waals surface area contributed by atoms with Gasteiger partial charge in [0.05, 0.1) is 11.8 Å². The van der Waals surface area contributed by atoms with Crippen molar-refractivity contribution >= 4 is 11.9 Å². The quantitative estimate of drug-likeness (QED) is 0.870. The predicted octanol–water partition coefficient (Wildman–Crippen LogP) is 1.88. The second-order valence-corrected chi connectivity index (χ2v) is 6.72. The maximum Gasteiger partial charge on any atom is 0.308 e. The highest BCUT2D eigenvalue weighted by Crippen LogP contribution is 2.27. The SMILES string of the molecule is O=C(NC1CCCC1)[C@H]1CN(Cc2ccccc2)C[C@H]1C(=O)O. The summed E-state index contributed by atoms with van der Waals surface area (Å²) in [6, 6.07) is 10.2. The van der Waals surface area contributed by atoms with Crippen molar-refractivity contribution in [3.8, 4) is 0 Å². The number of hydrogen-bond donors (Lipinski definition) is 2. The number of rotatable bonds is 5. The summed E-state index contributed by atoms with van der Waals surface area (Å²) in [4.78, 5) is 26.1. The molecule has 1 heterocycles. The Hall–Kier alpha value is -1.88. The van der Waals surface area contributed by atoms with E-state index in [9.17, 15) is 14.7 Å². The van der Waals surface area contributed by atoms with Crippen LogP contribution in [0.5, 0.6) is 0 Å². The Morgan fingerprint density at radius 3 is 2.39 bits per heavy atom. The highest BCUT2D eigenvalue weighted by Gasteiger charge is 2.42. The van der Waals surface area contributed by atoms with E-state index >= 15 is 0 Å². The maximum absolute atomic E-state index is 12.5. The van der Waals surface area contributed by atoms with Crippen molar-refractivity contribution in [1.82, 2.24) is 10.2 Å². The lowest BCUT2D eigenvalue weighted by atomic mass is 9.95. The lowest BCUT2D eigenvalue weighted by molar-refractivity contribution is -0.145. The molecule has 0 aromatic heterocycles. The Kier molecular flexibility index (Phi) is 4.96. The Balaban J connectivity index is 1.63. The van der Waals surface area contributed by atoms with Crippen LogP contribution in [0.4, 0.5) is 0 Å². The van der Waals surface area contributed by atoms with E-state index in [1.165, 1.54) is 0 Å². The zero-order chi connectivity index (χ0) is 16.2. The number of nitrogens with zero attached hydrogens (tertiary/aromatic N) is 1. The first kappa shape index (κ1) is 16.0.